The number of anilines is 2. The molecule has 0 fully saturated rings. The van der Waals surface area contributed by atoms with Crippen molar-refractivity contribution >= 4 is 22.8 Å². The van der Waals surface area contributed by atoms with E-state index in [-0.39, 0.29) is 0 Å². The number of oxazole rings is 1. The molecule has 4 heteroatoms. The van der Waals surface area contributed by atoms with Gasteiger partial charge in [0.25, 0.3) is 6.01 Å². The van der Waals surface area contributed by atoms with Gasteiger partial charge in [-0.15, -0.1) is 0 Å². The quantitative estimate of drug-likeness (QED) is 0.551. The van der Waals surface area contributed by atoms with Crippen LogP contribution >= 0.6 is 0 Å². The second-order valence-corrected chi connectivity index (χ2v) is 5.05. The first-order valence-corrected chi connectivity index (χ1v) is 7.32. The van der Waals surface area contributed by atoms with E-state index >= 15 is 0 Å². The van der Waals surface area contributed by atoms with Gasteiger partial charge in [0, 0.05) is 5.69 Å². The Morgan fingerprint density at radius 3 is 2.22 bits per heavy atom. The number of aromatic nitrogens is 1. The van der Waals surface area contributed by atoms with Crippen LogP contribution in [0.4, 0.5) is 11.7 Å². The highest BCUT2D eigenvalue weighted by Crippen LogP contribution is 2.25. The van der Waals surface area contributed by atoms with E-state index in [4.69, 9.17) is 9.15 Å². The number of nitrogens with one attached hydrogen (secondary N) is 1. The van der Waals surface area contributed by atoms with E-state index in [9.17, 15) is 0 Å². The van der Waals surface area contributed by atoms with Gasteiger partial charge in [-0.25, -0.2) is 0 Å². The Bertz CT molecular complexity index is 882. The van der Waals surface area contributed by atoms with Crippen LogP contribution in [-0.2, 0) is 0 Å². The Kier molecular flexibility index (Phi) is 3.41. The van der Waals surface area contributed by atoms with Crippen LogP contribution in [0.3, 0.4) is 0 Å². The maximum absolute atomic E-state index is 5.76. The fourth-order valence-corrected chi connectivity index (χ4v) is 2.28. The Balaban J connectivity index is 1.49. The second-order valence-electron chi connectivity index (χ2n) is 5.05. The number of hydrogen-bond donors (Lipinski definition) is 1. The van der Waals surface area contributed by atoms with Crippen molar-refractivity contribution < 1.29 is 9.15 Å². The molecule has 3 aromatic carbocycles. The van der Waals surface area contributed by atoms with Crippen LogP contribution < -0.4 is 10.1 Å². The predicted octanol–water partition coefficient (Wildman–Crippen LogP) is 5.36. The summed E-state index contributed by atoms with van der Waals surface area (Å²) in [7, 11) is 0. The zero-order chi connectivity index (χ0) is 15.5. The fourth-order valence-electron chi connectivity index (χ4n) is 2.28. The van der Waals surface area contributed by atoms with E-state index in [1.54, 1.807) is 0 Å². The van der Waals surface area contributed by atoms with Gasteiger partial charge in [-0.3, -0.25) is 0 Å². The molecule has 1 N–H and O–H groups in total. The maximum atomic E-state index is 5.76. The summed E-state index contributed by atoms with van der Waals surface area (Å²) in [6.45, 7) is 0. The highest BCUT2D eigenvalue weighted by atomic mass is 16.5. The molecule has 0 saturated heterocycles. The Morgan fingerprint density at radius 2 is 1.43 bits per heavy atom. The van der Waals surface area contributed by atoms with E-state index < -0.39 is 0 Å². The van der Waals surface area contributed by atoms with Crippen molar-refractivity contribution in [3.05, 3.63) is 78.9 Å². The van der Waals surface area contributed by atoms with E-state index in [0.29, 0.717) is 6.01 Å². The molecule has 23 heavy (non-hydrogen) atoms. The molecule has 1 heterocycles. The van der Waals surface area contributed by atoms with Gasteiger partial charge >= 0.3 is 0 Å². The van der Waals surface area contributed by atoms with Crippen LogP contribution in [0.5, 0.6) is 11.5 Å². The third-order valence-electron chi connectivity index (χ3n) is 3.38. The van der Waals surface area contributed by atoms with E-state index in [1.165, 1.54) is 0 Å². The molecule has 0 bridgehead atoms. The van der Waals surface area contributed by atoms with Gasteiger partial charge in [0.05, 0.1) is 0 Å². The second kappa shape index (κ2) is 5.85. The fraction of sp³-hybridized carbons (Fsp3) is 0. The number of rotatable bonds is 4. The lowest BCUT2D eigenvalue weighted by molar-refractivity contribution is 0.483. The minimum Gasteiger partial charge on any atom is -0.457 e. The molecule has 0 aliphatic carbocycles. The van der Waals surface area contributed by atoms with Crippen LogP contribution in [-0.4, -0.2) is 4.98 Å². The minimum absolute atomic E-state index is 0.475. The van der Waals surface area contributed by atoms with Crippen LogP contribution in [0.25, 0.3) is 11.1 Å². The molecule has 4 rings (SSSR count). The van der Waals surface area contributed by atoms with Gasteiger partial charge in [-0.2, -0.15) is 4.98 Å². The molecule has 0 spiro atoms. The van der Waals surface area contributed by atoms with Crippen molar-refractivity contribution in [3.8, 4) is 11.5 Å². The number of hydrogen-bond acceptors (Lipinski definition) is 4. The maximum Gasteiger partial charge on any atom is 0.300 e. The van der Waals surface area contributed by atoms with Crippen LogP contribution in [0.2, 0.25) is 0 Å². The summed E-state index contributed by atoms with van der Waals surface area (Å²) in [4.78, 5) is 4.39. The summed E-state index contributed by atoms with van der Waals surface area (Å²) in [6.07, 6.45) is 0. The van der Waals surface area contributed by atoms with Crippen LogP contribution in [0.15, 0.2) is 83.3 Å². The van der Waals surface area contributed by atoms with Gasteiger partial charge < -0.3 is 14.5 Å². The van der Waals surface area contributed by atoms with Crippen molar-refractivity contribution in [1.82, 2.24) is 4.98 Å². The summed E-state index contributed by atoms with van der Waals surface area (Å²) in [5.74, 6) is 1.59. The zero-order valence-corrected chi connectivity index (χ0v) is 12.3. The van der Waals surface area contributed by atoms with Crippen molar-refractivity contribution in [2.75, 3.05) is 5.32 Å². The molecule has 0 unspecified atom stereocenters. The van der Waals surface area contributed by atoms with Crippen LogP contribution in [0.1, 0.15) is 0 Å². The van der Waals surface area contributed by atoms with Gasteiger partial charge in [0.2, 0.25) is 0 Å². The smallest absolute Gasteiger partial charge is 0.300 e. The largest absolute Gasteiger partial charge is 0.457 e. The highest BCUT2D eigenvalue weighted by molar-refractivity contribution is 5.75. The topological polar surface area (TPSA) is 47.3 Å². The molecule has 0 amide bonds. The number of benzene rings is 3. The normalized spacial score (nSPS) is 10.6. The lowest BCUT2D eigenvalue weighted by Gasteiger charge is -2.06. The molecule has 0 saturated carbocycles. The highest BCUT2D eigenvalue weighted by Gasteiger charge is 2.05. The first-order chi connectivity index (χ1) is 11.4. The summed E-state index contributed by atoms with van der Waals surface area (Å²) in [6, 6.07) is 25.5. The molecule has 1 aromatic heterocycles. The monoisotopic (exact) mass is 302 g/mol. The summed E-state index contributed by atoms with van der Waals surface area (Å²) in [5.41, 5.74) is 2.48. The number of fused-ring (bicyclic) bond motifs is 1. The molecule has 0 atom stereocenters. The third-order valence-corrected chi connectivity index (χ3v) is 3.38. The molecule has 4 aromatic rings. The van der Waals surface area contributed by atoms with E-state index in [1.807, 2.05) is 78.9 Å². The molecular formula is C19H14N2O2. The molecule has 0 radical (unpaired) electrons. The standard InChI is InChI=1S/C19H14N2O2/c1-2-6-15(7-3-1)22-16-12-10-14(11-13-16)20-19-21-17-8-4-5-9-18(17)23-19/h1-13H,(H,20,21). The van der Waals surface area contributed by atoms with Gasteiger partial charge in [0.1, 0.15) is 17.0 Å². The number of ether oxygens (including phenoxy) is 1. The van der Waals surface area contributed by atoms with Crippen molar-refractivity contribution in [2.45, 2.75) is 0 Å². The Morgan fingerprint density at radius 1 is 0.739 bits per heavy atom. The van der Waals surface area contributed by atoms with Crippen molar-refractivity contribution in [3.63, 3.8) is 0 Å². The Hall–Kier alpha value is -3.27. The third kappa shape index (κ3) is 3.01. The molecular weight excluding hydrogens is 288 g/mol. The summed E-state index contributed by atoms with van der Waals surface area (Å²) < 4.78 is 11.4. The zero-order valence-electron chi connectivity index (χ0n) is 12.3. The Labute approximate surface area is 133 Å². The molecule has 0 aliphatic heterocycles. The van der Waals surface area contributed by atoms with Crippen LogP contribution in [0, 0.1) is 0 Å². The SMILES string of the molecule is c1ccc(Oc2ccc(Nc3nc4ccccc4o3)cc2)cc1. The van der Waals surface area contributed by atoms with E-state index in [0.717, 1.165) is 28.3 Å². The average Bonchev–Trinajstić information content (AvgIpc) is 3.00. The predicted molar refractivity (Wildman–Crippen MR) is 90.2 cm³/mol. The summed E-state index contributed by atoms with van der Waals surface area (Å²) in [5, 5.41) is 3.15. The lowest BCUT2D eigenvalue weighted by atomic mass is 10.3. The number of nitrogens with zero attached hydrogens (tertiary/aromatic N) is 1. The average molecular weight is 302 g/mol. The first kappa shape index (κ1) is 13.4. The van der Waals surface area contributed by atoms with Crippen molar-refractivity contribution in [1.29, 1.82) is 0 Å². The first-order valence-electron chi connectivity index (χ1n) is 7.32. The lowest BCUT2D eigenvalue weighted by Crippen LogP contribution is -1.90. The summed E-state index contributed by atoms with van der Waals surface area (Å²) >= 11 is 0. The number of para-hydroxylation sites is 3. The molecule has 4 nitrogen and oxygen atoms in total. The van der Waals surface area contributed by atoms with E-state index in [2.05, 4.69) is 10.3 Å². The minimum atomic E-state index is 0.475. The van der Waals surface area contributed by atoms with Crippen molar-refractivity contribution in [2.24, 2.45) is 0 Å². The van der Waals surface area contributed by atoms with Gasteiger partial charge in [-0.1, -0.05) is 30.3 Å². The van der Waals surface area contributed by atoms with Gasteiger partial charge in [0.15, 0.2) is 5.58 Å². The van der Waals surface area contributed by atoms with Gasteiger partial charge in [-0.05, 0) is 48.5 Å². The molecule has 0 aliphatic rings. The molecule has 112 valence electrons.